The van der Waals surface area contributed by atoms with Crippen molar-refractivity contribution in [3.05, 3.63) is 76.5 Å². The average Bonchev–Trinajstić information content (AvgIpc) is 3.69. The van der Waals surface area contributed by atoms with Crippen LogP contribution in [-0.2, 0) is 23.1 Å². The molecule has 3 amide bonds. The lowest BCUT2D eigenvalue weighted by Gasteiger charge is -2.37. The van der Waals surface area contributed by atoms with Crippen molar-refractivity contribution in [2.24, 2.45) is 13.0 Å². The summed E-state index contributed by atoms with van der Waals surface area (Å²) in [6, 6.07) is 7.50. The number of methoxy groups -OCH3 is 1. The SMILES string of the molecule is COCCn1ncc(-c2ccc(-c3cnc(C(=O)Nc4ccc(C(=O)N5CCN(C(=O)C6CCNCC6)CC5)c(Cl)c4)n3C)c(F)c2F)c1C. The normalized spacial score (nSPS) is 15.4. The smallest absolute Gasteiger partial charge is 0.291 e. The minimum atomic E-state index is -1.08. The van der Waals surface area contributed by atoms with E-state index < -0.39 is 17.5 Å². The summed E-state index contributed by atoms with van der Waals surface area (Å²) in [6.45, 7) is 6.08. The van der Waals surface area contributed by atoms with Crippen LogP contribution in [0, 0.1) is 24.5 Å². The van der Waals surface area contributed by atoms with Crippen LogP contribution in [0.5, 0.6) is 0 Å². The van der Waals surface area contributed by atoms with E-state index in [-0.39, 0.29) is 51.0 Å². The fourth-order valence-electron chi connectivity index (χ4n) is 6.52. The zero-order valence-electron chi connectivity index (χ0n) is 28.1. The summed E-state index contributed by atoms with van der Waals surface area (Å²) < 4.78 is 39.0. The lowest BCUT2D eigenvalue weighted by Crippen LogP contribution is -2.52. The number of nitrogens with one attached hydrogen (secondary N) is 2. The molecule has 2 fully saturated rings. The topological polar surface area (TPSA) is 127 Å². The van der Waals surface area contributed by atoms with Gasteiger partial charge in [-0.05, 0) is 57.1 Å². The number of carbonyl (C=O) groups is 3. The Kier molecular flexibility index (Phi) is 10.6. The summed E-state index contributed by atoms with van der Waals surface area (Å²) >= 11 is 6.51. The van der Waals surface area contributed by atoms with Crippen LogP contribution in [0.2, 0.25) is 5.02 Å². The second-order valence-electron chi connectivity index (χ2n) is 12.5. The monoisotopic (exact) mass is 708 g/mol. The number of ether oxygens (including phenoxy) is 1. The van der Waals surface area contributed by atoms with Gasteiger partial charge in [-0.1, -0.05) is 17.7 Å². The molecule has 6 rings (SSSR count). The number of amides is 3. The quantitative estimate of drug-likeness (QED) is 0.265. The Morgan fingerprint density at radius 2 is 1.66 bits per heavy atom. The number of imidazole rings is 1. The molecule has 0 bridgehead atoms. The summed E-state index contributed by atoms with van der Waals surface area (Å²) in [5, 5.41) is 10.4. The van der Waals surface area contributed by atoms with Crippen LogP contribution in [0.4, 0.5) is 14.5 Å². The number of anilines is 1. The maximum atomic E-state index is 15.5. The first kappa shape index (κ1) is 35.2. The van der Waals surface area contributed by atoms with Crippen molar-refractivity contribution < 1.29 is 27.9 Å². The molecule has 4 aromatic rings. The van der Waals surface area contributed by atoms with Crippen molar-refractivity contribution in [1.82, 2.24) is 34.4 Å². The molecule has 4 heterocycles. The minimum Gasteiger partial charge on any atom is -0.383 e. The Bertz CT molecular complexity index is 1910. The Hall–Kier alpha value is -4.66. The van der Waals surface area contributed by atoms with E-state index in [0.717, 1.165) is 25.9 Å². The molecule has 264 valence electrons. The molecule has 0 unspecified atom stereocenters. The average molecular weight is 709 g/mol. The zero-order chi connectivity index (χ0) is 35.5. The van der Waals surface area contributed by atoms with Gasteiger partial charge < -0.3 is 29.7 Å². The van der Waals surface area contributed by atoms with Gasteiger partial charge in [0.15, 0.2) is 17.5 Å². The van der Waals surface area contributed by atoms with Gasteiger partial charge in [0.05, 0.1) is 41.8 Å². The standard InChI is InChI=1S/C35H39ClF2N8O4/c1-21-27(19-41-46(21)16-17-50-3)24-6-7-26(31(38)30(24)37)29-20-40-32(43(29)2)33(47)42-23-4-5-25(28(36)18-23)35(49)45-14-12-44(13-15-45)34(48)22-8-10-39-11-9-22/h4-7,18-20,22,39H,8-17H2,1-3H3,(H,42,47). The molecule has 2 N–H and O–H groups in total. The number of nitrogens with zero attached hydrogens (tertiary/aromatic N) is 6. The molecule has 2 aromatic carbocycles. The van der Waals surface area contributed by atoms with E-state index in [1.807, 2.05) is 4.90 Å². The zero-order valence-corrected chi connectivity index (χ0v) is 28.9. The molecular weight excluding hydrogens is 670 g/mol. The molecular formula is C35H39ClF2N8O4. The van der Waals surface area contributed by atoms with Crippen LogP contribution in [-0.4, -0.2) is 99.8 Å². The molecule has 0 aliphatic carbocycles. The predicted octanol–water partition coefficient (Wildman–Crippen LogP) is 4.37. The van der Waals surface area contributed by atoms with Gasteiger partial charge in [-0.25, -0.2) is 13.8 Å². The third-order valence-electron chi connectivity index (χ3n) is 9.47. The van der Waals surface area contributed by atoms with Crippen molar-refractivity contribution in [3.63, 3.8) is 0 Å². The molecule has 2 saturated heterocycles. The van der Waals surface area contributed by atoms with Crippen molar-refractivity contribution in [3.8, 4) is 22.4 Å². The van der Waals surface area contributed by atoms with Crippen LogP contribution in [0.1, 0.15) is 39.5 Å². The van der Waals surface area contributed by atoms with E-state index in [9.17, 15) is 14.4 Å². The van der Waals surface area contributed by atoms with E-state index in [2.05, 4.69) is 20.7 Å². The van der Waals surface area contributed by atoms with Gasteiger partial charge in [-0.2, -0.15) is 5.10 Å². The van der Waals surface area contributed by atoms with Gasteiger partial charge in [0.2, 0.25) is 5.91 Å². The van der Waals surface area contributed by atoms with Gasteiger partial charge in [-0.3, -0.25) is 19.1 Å². The van der Waals surface area contributed by atoms with Crippen molar-refractivity contribution >= 4 is 35.0 Å². The second-order valence-corrected chi connectivity index (χ2v) is 12.9. The van der Waals surface area contributed by atoms with Gasteiger partial charge in [-0.15, -0.1) is 0 Å². The van der Waals surface area contributed by atoms with Gasteiger partial charge in [0.25, 0.3) is 11.8 Å². The fourth-order valence-corrected chi connectivity index (χ4v) is 6.78. The van der Waals surface area contributed by atoms with E-state index in [1.54, 1.807) is 35.7 Å². The van der Waals surface area contributed by atoms with Gasteiger partial charge in [0, 0.05) is 74.3 Å². The third kappa shape index (κ3) is 7.00. The summed E-state index contributed by atoms with van der Waals surface area (Å²) in [4.78, 5) is 47.1. The fraction of sp³-hybridized carbons (Fsp3) is 0.400. The first-order valence-corrected chi connectivity index (χ1v) is 16.9. The number of hydrogen-bond acceptors (Lipinski definition) is 7. The van der Waals surface area contributed by atoms with Crippen LogP contribution in [0.15, 0.2) is 42.7 Å². The van der Waals surface area contributed by atoms with E-state index in [0.29, 0.717) is 56.3 Å². The largest absolute Gasteiger partial charge is 0.383 e. The summed E-state index contributed by atoms with van der Waals surface area (Å²) in [5.41, 5.74) is 1.93. The predicted molar refractivity (Wildman–Crippen MR) is 184 cm³/mol. The first-order valence-electron chi connectivity index (χ1n) is 16.5. The Balaban J connectivity index is 1.10. The molecule has 0 spiro atoms. The summed E-state index contributed by atoms with van der Waals surface area (Å²) in [5.74, 6) is -2.86. The molecule has 2 aliphatic rings. The molecule has 0 saturated carbocycles. The Labute approximate surface area is 293 Å². The highest BCUT2D eigenvalue weighted by atomic mass is 35.5. The number of carbonyl (C=O) groups excluding carboxylic acids is 3. The molecule has 50 heavy (non-hydrogen) atoms. The van der Waals surface area contributed by atoms with E-state index in [4.69, 9.17) is 16.3 Å². The van der Waals surface area contributed by atoms with Gasteiger partial charge >= 0.3 is 0 Å². The second kappa shape index (κ2) is 15.1. The van der Waals surface area contributed by atoms with Crippen molar-refractivity contribution in [1.29, 1.82) is 0 Å². The molecule has 0 radical (unpaired) electrons. The van der Waals surface area contributed by atoms with Crippen molar-refractivity contribution in [2.75, 3.05) is 58.3 Å². The number of halogens is 3. The summed E-state index contributed by atoms with van der Waals surface area (Å²) in [6.07, 6.45) is 4.45. The molecule has 15 heteroatoms. The van der Waals surface area contributed by atoms with Gasteiger partial charge in [0.1, 0.15) is 0 Å². The highest BCUT2D eigenvalue weighted by Gasteiger charge is 2.31. The molecule has 0 atom stereocenters. The van der Waals surface area contributed by atoms with Crippen molar-refractivity contribution in [2.45, 2.75) is 26.3 Å². The molecule has 2 aromatic heterocycles. The number of rotatable bonds is 9. The van der Waals surface area contributed by atoms with Crippen LogP contribution < -0.4 is 10.6 Å². The maximum Gasteiger partial charge on any atom is 0.291 e. The number of benzene rings is 2. The van der Waals surface area contributed by atoms with E-state index in [1.165, 1.54) is 42.2 Å². The number of hydrogen-bond donors (Lipinski definition) is 2. The summed E-state index contributed by atoms with van der Waals surface area (Å²) in [7, 11) is 3.10. The lowest BCUT2D eigenvalue weighted by molar-refractivity contribution is -0.137. The number of piperazine rings is 1. The first-order chi connectivity index (χ1) is 24.1. The van der Waals surface area contributed by atoms with E-state index >= 15 is 8.78 Å². The van der Waals surface area contributed by atoms with Crippen LogP contribution in [0.3, 0.4) is 0 Å². The molecule has 2 aliphatic heterocycles. The Morgan fingerprint density at radius 1 is 0.980 bits per heavy atom. The minimum absolute atomic E-state index is 0.0298. The maximum absolute atomic E-state index is 15.5. The third-order valence-corrected chi connectivity index (χ3v) is 9.79. The number of aromatic nitrogens is 4. The van der Waals surface area contributed by atoms with Crippen LogP contribution >= 0.6 is 11.6 Å². The highest BCUT2D eigenvalue weighted by molar-refractivity contribution is 6.34. The lowest BCUT2D eigenvalue weighted by atomic mass is 9.96. The molecule has 12 nitrogen and oxygen atoms in total. The highest BCUT2D eigenvalue weighted by Crippen LogP contribution is 2.33. The van der Waals surface area contributed by atoms with Crippen LogP contribution in [0.25, 0.3) is 22.4 Å². The number of piperidine rings is 1. The Morgan fingerprint density at radius 3 is 2.36 bits per heavy atom.